The standard InChI is InChI=1S/C13H12N2O2S.C7H5F3O/c16-13(11-4-2-8-18-11)15-9-5-7-17-10-3-1-6-14-12(9)10;8-7(9,10)11-6-4-2-1-3-5-6/h1-4,6,8-9H,5,7H2,(H,15,16);1-5H. The molecule has 1 atom stereocenters. The van der Waals surface area contributed by atoms with Gasteiger partial charge in [0, 0.05) is 12.6 Å². The lowest BCUT2D eigenvalue weighted by Crippen LogP contribution is -2.32. The first-order valence-corrected chi connectivity index (χ1v) is 9.53. The zero-order valence-corrected chi connectivity index (χ0v) is 15.9. The van der Waals surface area contributed by atoms with Crippen molar-refractivity contribution in [3.8, 4) is 11.5 Å². The number of benzene rings is 1. The highest BCUT2D eigenvalue weighted by Crippen LogP contribution is 2.30. The number of para-hydroxylation sites is 1. The molecule has 0 spiro atoms. The van der Waals surface area contributed by atoms with Gasteiger partial charge in [0.1, 0.15) is 17.2 Å². The number of alkyl halides is 3. The number of hydrogen-bond donors (Lipinski definition) is 1. The van der Waals surface area contributed by atoms with Gasteiger partial charge >= 0.3 is 6.36 Å². The van der Waals surface area contributed by atoms with Crippen molar-refractivity contribution in [2.24, 2.45) is 0 Å². The van der Waals surface area contributed by atoms with E-state index in [0.29, 0.717) is 6.61 Å². The third-order valence-electron chi connectivity index (χ3n) is 3.82. The van der Waals surface area contributed by atoms with E-state index in [1.807, 2.05) is 29.6 Å². The van der Waals surface area contributed by atoms with Crippen LogP contribution in [0.25, 0.3) is 0 Å². The second-order valence-electron chi connectivity index (χ2n) is 5.89. The predicted molar refractivity (Wildman–Crippen MR) is 102 cm³/mol. The van der Waals surface area contributed by atoms with E-state index in [4.69, 9.17) is 4.74 Å². The number of rotatable bonds is 3. The van der Waals surface area contributed by atoms with E-state index in [2.05, 4.69) is 15.0 Å². The maximum Gasteiger partial charge on any atom is 0.573 e. The van der Waals surface area contributed by atoms with Gasteiger partial charge in [-0.15, -0.1) is 24.5 Å². The van der Waals surface area contributed by atoms with Gasteiger partial charge in [-0.3, -0.25) is 9.78 Å². The van der Waals surface area contributed by atoms with Crippen LogP contribution in [0.3, 0.4) is 0 Å². The number of thiophene rings is 1. The van der Waals surface area contributed by atoms with Crippen LogP contribution in [0.5, 0.6) is 11.5 Å². The predicted octanol–water partition coefficient (Wildman–Crippen LogP) is 4.98. The van der Waals surface area contributed by atoms with Gasteiger partial charge in [0.15, 0.2) is 0 Å². The first kappa shape index (κ1) is 20.7. The van der Waals surface area contributed by atoms with E-state index in [1.54, 1.807) is 12.3 Å². The number of amides is 1. The Bertz CT molecular complexity index is 918. The molecule has 1 aromatic carbocycles. The van der Waals surface area contributed by atoms with Crippen LogP contribution in [0.15, 0.2) is 66.2 Å². The van der Waals surface area contributed by atoms with Gasteiger partial charge in [-0.05, 0) is 35.7 Å². The molecule has 1 aliphatic rings. The summed E-state index contributed by atoms with van der Waals surface area (Å²) in [5.74, 6) is 0.522. The number of nitrogens with zero attached hydrogens (tertiary/aromatic N) is 1. The molecule has 29 heavy (non-hydrogen) atoms. The van der Waals surface area contributed by atoms with Crippen LogP contribution < -0.4 is 14.8 Å². The molecule has 3 heterocycles. The molecule has 1 aliphatic heterocycles. The Kier molecular flexibility index (Phi) is 6.71. The molecule has 1 N–H and O–H groups in total. The third kappa shape index (κ3) is 6.21. The van der Waals surface area contributed by atoms with Crippen molar-refractivity contribution >= 4 is 17.2 Å². The lowest BCUT2D eigenvalue weighted by Gasteiger charge is -2.25. The number of halogens is 3. The van der Waals surface area contributed by atoms with E-state index in [1.165, 1.54) is 35.6 Å². The van der Waals surface area contributed by atoms with Gasteiger partial charge in [0.05, 0.1) is 17.5 Å². The van der Waals surface area contributed by atoms with Crippen LogP contribution in [0, 0.1) is 0 Å². The van der Waals surface area contributed by atoms with Crippen LogP contribution in [-0.4, -0.2) is 23.9 Å². The summed E-state index contributed by atoms with van der Waals surface area (Å²) in [6.45, 7) is 0.605. The Morgan fingerprint density at radius 3 is 2.62 bits per heavy atom. The zero-order chi connectivity index (χ0) is 20.7. The van der Waals surface area contributed by atoms with Crippen LogP contribution in [-0.2, 0) is 0 Å². The number of carbonyl (C=O) groups is 1. The molecule has 4 rings (SSSR count). The highest BCUT2D eigenvalue weighted by molar-refractivity contribution is 7.12. The molecule has 9 heteroatoms. The molecule has 1 amide bonds. The minimum Gasteiger partial charge on any atom is -0.491 e. The first-order valence-electron chi connectivity index (χ1n) is 8.65. The summed E-state index contributed by atoms with van der Waals surface area (Å²) in [6.07, 6.45) is -2.12. The summed E-state index contributed by atoms with van der Waals surface area (Å²) in [5, 5.41) is 4.90. The van der Waals surface area contributed by atoms with Gasteiger partial charge in [0.25, 0.3) is 5.91 Å². The summed E-state index contributed by atoms with van der Waals surface area (Å²) in [6, 6.07) is 14.4. The molecule has 0 saturated heterocycles. The molecule has 5 nitrogen and oxygen atoms in total. The zero-order valence-electron chi connectivity index (χ0n) is 15.1. The van der Waals surface area contributed by atoms with Gasteiger partial charge in [-0.1, -0.05) is 24.3 Å². The largest absolute Gasteiger partial charge is 0.573 e. The SMILES string of the molecule is FC(F)(F)Oc1ccccc1.O=C(NC1CCOc2cccnc21)c1cccs1. The first-order chi connectivity index (χ1) is 13.9. The van der Waals surface area contributed by atoms with Crippen molar-refractivity contribution in [2.75, 3.05) is 6.61 Å². The van der Waals surface area contributed by atoms with Gasteiger partial charge in [-0.2, -0.15) is 0 Å². The Morgan fingerprint density at radius 2 is 1.93 bits per heavy atom. The molecule has 3 aromatic rings. The van der Waals surface area contributed by atoms with Crippen molar-refractivity contribution in [1.29, 1.82) is 0 Å². The number of pyridine rings is 1. The van der Waals surface area contributed by atoms with Crippen LogP contribution in [0.4, 0.5) is 13.2 Å². The molecule has 152 valence electrons. The number of fused-ring (bicyclic) bond motifs is 1. The van der Waals surface area contributed by atoms with Crippen molar-refractivity contribution in [3.05, 3.63) is 76.7 Å². The maximum absolute atomic E-state index is 12.0. The minimum absolute atomic E-state index is 0.0477. The van der Waals surface area contributed by atoms with Crippen LogP contribution in [0.2, 0.25) is 0 Å². The van der Waals surface area contributed by atoms with Gasteiger partial charge < -0.3 is 14.8 Å². The lowest BCUT2D eigenvalue weighted by molar-refractivity contribution is -0.274. The molecular weight excluding hydrogens is 405 g/mol. The van der Waals surface area contributed by atoms with E-state index in [0.717, 1.165) is 22.7 Å². The summed E-state index contributed by atoms with van der Waals surface area (Å²) in [4.78, 5) is 17.0. The highest BCUT2D eigenvalue weighted by atomic mass is 32.1. The van der Waals surface area contributed by atoms with E-state index in [9.17, 15) is 18.0 Å². The fraction of sp³-hybridized carbons (Fsp3) is 0.200. The number of carbonyl (C=O) groups excluding carboxylic acids is 1. The van der Waals surface area contributed by atoms with Crippen molar-refractivity contribution < 1.29 is 27.4 Å². The number of hydrogen-bond acceptors (Lipinski definition) is 5. The Labute approximate surface area is 169 Å². The van der Waals surface area contributed by atoms with E-state index < -0.39 is 6.36 Å². The normalized spacial score (nSPS) is 15.2. The molecule has 0 fully saturated rings. The monoisotopic (exact) mass is 422 g/mol. The molecule has 0 bridgehead atoms. The summed E-state index contributed by atoms with van der Waals surface area (Å²) >= 11 is 1.44. The molecule has 0 saturated carbocycles. The summed E-state index contributed by atoms with van der Waals surface area (Å²) < 4.78 is 43.7. The van der Waals surface area contributed by atoms with Gasteiger partial charge in [-0.25, -0.2) is 0 Å². The topological polar surface area (TPSA) is 60.5 Å². The van der Waals surface area contributed by atoms with E-state index in [-0.39, 0.29) is 17.7 Å². The van der Waals surface area contributed by atoms with Crippen molar-refractivity contribution in [2.45, 2.75) is 18.8 Å². The summed E-state index contributed by atoms with van der Waals surface area (Å²) in [5.41, 5.74) is 0.814. The quantitative estimate of drug-likeness (QED) is 0.647. The Hall–Kier alpha value is -3.07. The lowest BCUT2D eigenvalue weighted by atomic mass is 10.1. The highest BCUT2D eigenvalue weighted by Gasteiger charge is 2.30. The molecule has 2 aromatic heterocycles. The van der Waals surface area contributed by atoms with E-state index >= 15 is 0 Å². The van der Waals surface area contributed by atoms with Crippen LogP contribution in [0.1, 0.15) is 27.8 Å². The molecular formula is C20H17F3N2O3S. The minimum atomic E-state index is -4.60. The fourth-order valence-corrected chi connectivity index (χ4v) is 3.24. The number of nitrogens with one attached hydrogen (secondary N) is 1. The average Bonchev–Trinajstić information content (AvgIpc) is 3.23. The molecule has 0 aliphatic carbocycles. The van der Waals surface area contributed by atoms with Crippen molar-refractivity contribution in [3.63, 3.8) is 0 Å². The maximum atomic E-state index is 12.0. The smallest absolute Gasteiger partial charge is 0.491 e. The Balaban J connectivity index is 0.000000188. The molecule has 0 radical (unpaired) electrons. The second-order valence-corrected chi connectivity index (χ2v) is 6.84. The summed E-state index contributed by atoms with van der Waals surface area (Å²) in [7, 11) is 0. The molecule has 1 unspecified atom stereocenters. The number of ether oxygens (including phenoxy) is 2. The third-order valence-corrected chi connectivity index (χ3v) is 4.69. The van der Waals surface area contributed by atoms with Gasteiger partial charge in [0.2, 0.25) is 0 Å². The average molecular weight is 422 g/mol. The van der Waals surface area contributed by atoms with Crippen LogP contribution >= 0.6 is 11.3 Å². The Morgan fingerprint density at radius 1 is 1.14 bits per heavy atom. The second kappa shape index (κ2) is 9.42. The fourth-order valence-electron chi connectivity index (χ4n) is 2.61. The number of aromatic nitrogens is 1. The van der Waals surface area contributed by atoms with Crippen molar-refractivity contribution in [1.82, 2.24) is 10.3 Å².